The second-order valence-corrected chi connectivity index (χ2v) is 8.57. The normalized spacial score (nSPS) is 24.3. The Morgan fingerprint density at radius 3 is 2.67 bits per heavy atom. The summed E-state index contributed by atoms with van der Waals surface area (Å²) in [6.45, 7) is 8.10. The topological polar surface area (TPSA) is 76.2 Å². The standard InChI is InChI=1S/C20H26F3N5O2/c1-10(2)14-7-16(20(21,22)23)28-17(25-14)8-15(26-28)13-5-6-27(9-13)19(29)18-11(3)24-12(4)30-18/h8,10,13-14,16,25H,5-7,9H2,1-4H3/t13-,14-,16+/m0/s1. The van der Waals surface area contributed by atoms with Gasteiger partial charge in [0.2, 0.25) is 5.76 Å². The zero-order valence-electron chi connectivity index (χ0n) is 17.5. The first-order valence-corrected chi connectivity index (χ1v) is 10.2. The molecule has 2 aromatic heterocycles. The van der Waals surface area contributed by atoms with Gasteiger partial charge in [0.15, 0.2) is 11.9 Å². The molecular weight excluding hydrogens is 399 g/mol. The number of aromatic nitrogens is 3. The first-order chi connectivity index (χ1) is 14.0. The number of nitrogens with one attached hydrogen (secondary N) is 1. The van der Waals surface area contributed by atoms with Gasteiger partial charge in [0, 0.05) is 38.0 Å². The van der Waals surface area contributed by atoms with Crippen LogP contribution < -0.4 is 5.32 Å². The van der Waals surface area contributed by atoms with Gasteiger partial charge in [-0.3, -0.25) is 4.79 Å². The molecule has 0 bridgehead atoms. The number of hydrogen-bond acceptors (Lipinski definition) is 5. The van der Waals surface area contributed by atoms with Crippen LogP contribution >= 0.6 is 0 Å². The maximum atomic E-state index is 13.7. The number of fused-ring (bicyclic) bond motifs is 1. The number of halogens is 3. The zero-order chi connectivity index (χ0) is 21.8. The number of carbonyl (C=O) groups excluding carboxylic acids is 1. The molecule has 0 aromatic carbocycles. The van der Waals surface area contributed by atoms with Crippen LogP contribution in [-0.4, -0.2) is 50.9 Å². The predicted octanol–water partition coefficient (Wildman–Crippen LogP) is 4.06. The van der Waals surface area contributed by atoms with Gasteiger partial charge in [-0.25, -0.2) is 9.67 Å². The number of oxazole rings is 1. The van der Waals surface area contributed by atoms with E-state index in [0.717, 1.165) is 4.68 Å². The van der Waals surface area contributed by atoms with Crippen molar-refractivity contribution in [2.24, 2.45) is 5.92 Å². The van der Waals surface area contributed by atoms with Crippen LogP contribution in [0.1, 0.15) is 66.5 Å². The van der Waals surface area contributed by atoms with E-state index in [2.05, 4.69) is 15.4 Å². The molecule has 3 atom stereocenters. The maximum Gasteiger partial charge on any atom is 0.410 e. The van der Waals surface area contributed by atoms with Crippen LogP contribution in [0.3, 0.4) is 0 Å². The summed E-state index contributed by atoms with van der Waals surface area (Å²) in [6, 6.07) is -0.211. The Hall–Kier alpha value is -2.52. The molecule has 1 saturated heterocycles. The molecule has 0 radical (unpaired) electrons. The van der Waals surface area contributed by atoms with E-state index in [4.69, 9.17) is 4.42 Å². The van der Waals surface area contributed by atoms with E-state index in [-0.39, 0.29) is 36.0 Å². The van der Waals surface area contributed by atoms with Crippen molar-refractivity contribution in [1.82, 2.24) is 19.7 Å². The van der Waals surface area contributed by atoms with E-state index in [9.17, 15) is 18.0 Å². The monoisotopic (exact) mass is 425 g/mol. The van der Waals surface area contributed by atoms with Crippen LogP contribution in [0, 0.1) is 19.8 Å². The summed E-state index contributed by atoms with van der Waals surface area (Å²) < 4.78 is 47.5. The van der Waals surface area contributed by atoms with Crippen molar-refractivity contribution in [2.75, 3.05) is 18.4 Å². The Bertz CT molecular complexity index is 949. The first kappa shape index (κ1) is 20.7. The van der Waals surface area contributed by atoms with E-state index < -0.39 is 12.2 Å². The minimum atomic E-state index is -4.37. The van der Waals surface area contributed by atoms with Crippen molar-refractivity contribution in [3.63, 3.8) is 0 Å². The fraction of sp³-hybridized carbons (Fsp3) is 0.650. The molecule has 2 aromatic rings. The van der Waals surface area contributed by atoms with Gasteiger partial charge in [0.1, 0.15) is 5.82 Å². The second-order valence-electron chi connectivity index (χ2n) is 8.57. The first-order valence-electron chi connectivity index (χ1n) is 10.2. The molecule has 1 N–H and O–H groups in total. The van der Waals surface area contributed by atoms with Gasteiger partial charge in [-0.2, -0.15) is 18.3 Å². The number of aryl methyl sites for hydroxylation is 2. The molecule has 4 heterocycles. The molecule has 0 saturated carbocycles. The third-order valence-electron chi connectivity index (χ3n) is 6.03. The van der Waals surface area contributed by atoms with Crippen LogP contribution in [0.2, 0.25) is 0 Å². The van der Waals surface area contributed by atoms with Gasteiger partial charge in [-0.15, -0.1) is 0 Å². The molecule has 4 rings (SSSR count). The van der Waals surface area contributed by atoms with E-state index in [1.807, 2.05) is 13.8 Å². The van der Waals surface area contributed by atoms with Gasteiger partial charge in [-0.1, -0.05) is 13.8 Å². The highest BCUT2D eigenvalue weighted by molar-refractivity contribution is 5.92. The average Bonchev–Trinajstić information content (AvgIpc) is 3.36. The lowest BCUT2D eigenvalue weighted by atomic mass is 9.94. The summed E-state index contributed by atoms with van der Waals surface area (Å²) in [7, 11) is 0. The summed E-state index contributed by atoms with van der Waals surface area (Å²) in [4.78, 5) is 18.5. The van der Waals surface area contributed by atoms with Crippen molar-refractivity contribution in [1.29, 1.82) is 0 Å². The van der Waals surface area contributed by atoms with Crippen molar-refractivity contribution in [2.45, 2.75) is 64.7 Å². The molecule has 164 valence electrons. The van der Waals surface area contributed by atoms with E-state index >= 15 is 0 Å². The highest BCUT2D eigenvalue weighted by atomic mass is 19.4. The van der Waals surface area contributed by atoms with Crippen LogP contribution in [0.4, 0.5) is 19.0 Å². The third-order valence-corrected chi connectivity index (χ3v) is 6.03. The number of nitrogens with zero attached hydrogens (tertiary/aromatic N) is 4. The average molecular weight is 425 g/mol. The molecule has 7 nitrogen and oxygen atoms in total. The highest BCUT2D eigenvalue weighted by Gasteiger charge is 2.47. The lowest BCUT2D eigenvalue weighted by molar-refractivity contribution is -0.174. The maximum absolute atomic E-state index is 13.7. The highest BCUT2D eigenvalue weighted by Crippen LogP contribution is 2.42. The molecule has 2 aliphatic heterocycles. The Balaban J connectivity index is 1.55. The van der Waals surface area contributed by atoms with Crippen LogP contribution in [-0.2, 0) is 0 Å². The number of alkyl halides is 3. The lowest BCUT2D eigenvalue weighted by Crippen LogP contribution is -2.41. The summed E-state index contributed by atoms with van der Waals surface area (Å²) in [5.41, 5.74) is 1.12. The van der Waals surface area contributed by atoms with Gasteiger partial charge in [0.05, 0.1) is 11.4 Å². The summed E-state index contributed by atoms with van der Waals surface area (Å²) in [5.74, 6) is 0.738. The smallest absolute Gasteiger partial charge is 0.410 e. The summed E-state index contributed by atoms with van der Waals surface area (Å²) in [6.07, 6.45) is -3.78. The van der Waals surface area contributed by atoms with Crippen LogP contribution in [0.25, 0.3) is 0 Å². The Kier molecular flexibility index (Phi) is 5.06. The number of likely N-dealkylation sites (tertiary alicyclic amines) is 1. The van der Waals surface area contributed by atoms with Crippen LogP contribution in [0.15, 0.2) is 10.5 Å². The molecule has 30 heavy (non-hydrogen) atoms. The second kappa shape index (κ2) is 7.31. The van der Waals surface area contributed by atoms with Crippen molar-refractivity contribution < 1.29 is 22.4 Å². The largest absolute Gasteiger partial charge is 0.436 e. The molecule has 0 spiro atoms. The third kappa shape index (κ3) is 3.67. The molecule has 0 unspecified atom stereocenters. The Morgan fingerprint density at radius 2 is 2.07 bits per heavy atom. The summed E-state index contributed by atoms with van der Waals surface area (Å²) >= 11 is 0. The van der Waals surface area contributed by atoms with E-state index in [0.29, 0.717) is 42.6 Å². The van der Waals surface area contributed by atoms with Crippen LogP contribution in [0.5, 0.6) is 0 Å². The molecule has 10 heteroatoms. The zero-order valence-corrected chi connectivity index (χ0v) is 17.5. The number of amides is 1. The number of rotatable bonds is 3. The molecular formula is C20H26F3N5O2. The number of hydrogen-bond donors (Lipinski definition) is 1. The lowest BCUT2D eigenvalue weighted by Gasteiger charge is -2.35. The minimum Gasteiger partial charge on any atom is -0.436 e. The van der Waals surface area contributed by atoms with E-state index in [1.165, 1.54) is 0 Å². The van der Waals surface area contributed by atoms with Crippen molar-refractivity contribution >= 4 is 11.7 Å². The molecule has 0 aliphatic carbocycles. The van der Waals surface area contributed by atoms with Gasteiger partial charge < -0.3 is 14.6 Å². The fourth-order valence-electron chi connectivity index (χ4n) is 4.32. The van der Waals surface area contributed by atoms with Crippen molar-refractivity contribution in [3.05, 3.63) is 29.1 Å². The Morgan fingerprint density at radius 1 is 1.33 bits per heavy atom. The minimum absolute atomic E-state index is 0.0469. The number of carbonyl (C=O) groups is 1. The van der Waals surface area contributed by atoms with Crippen molar-refractivity contribution in [3.8, 4) is 0 Å². The number of anilines is 1. The molecule has 1 fully saturated rings. The fourth-order valence-corrected chi connectivity index (χ4v) is 4.32. The van der Waals surface area contributed by atoms with Gasteiger partial charge in [-0.05, 0) is 25.7 Å². The SMILES string of the molecule is Cc1nc(C)c(C(=O)N2CC[C@H](c3cc4n(n3)[C@@H](C(F)(F)F)C[C@@H](C(C)C)N4)C2)o1. The predicted molar refractivity (Wildman–Crippen MR) is 103 cm³/mol. The molecule has 1 amide bonds. The quantitative estimate of drug-likeness (QED) is 0.803. The molecule has 2 aliphatic rings. The summed E-state index contributed by atoms with van der Waals surface area (Å²) in [5, 5.41) is 7.53. The van der Waals surface area contributed by atoms with Gasteiger partial charge >= 0.3 is 6.18 Å². The van der Waals surface area contributed by atoms with Gasteiger partial charge in [0.25, 0.3) is 5.91 Å². The van der Waals surface area contributed by atoms with E-state index in [1.54, 1.807) is 24.8 Å². The Labute approximate surface area is 172 Å².